The summed E-state index contributed by atoms with van der Waals surface area (Å²) in [5, 5.41) is 9.92. The predicted molar refractivity (Wildman–Crippen MR) is 555 cm³/mol. The Kier molecular flexibility index (Phi) is 19.4. The van der Waals surface area contributed by atoms with Crippen molar-refractivity contribution in [2.75, 3.05) is 0 Å². The van der Waals surface area contributed by atoms with Gasteiger partial charge in [0, 0.05) is 0 Å². The lowest BCUT2D eigenvalue weighted by Crippen LogP contribution is -2.28. The molecule has 1 unspecified atom stereocenters. The van der Waals surface area contributed by atoms with Crippen LogP contribution in [0.1, 0.15) is 72.3 Å². The molecule has 0 saturated heterocycles. The maximum absolute atomic E-state index is 2.43. The van der Waals surface area contributed by atoms with E-state index in [4.69, 9.17) is 0 Å². The van der Waals surface area contributed by atoms with Crippen molar-refractivity contribution in [3.05, 3.63) is 564 Å². The monoisotopic (exact) mass is 1660 g/mol. The van der Waals surface area contributed by atoms with Crippen LogP contribution in [0.2, 0.25) is 0 Å². The van der Waals surface area contributed by atoms with E-state index in [2.05, 4.69) is 523 Å². The minimum Gasteiger partial charge on any atom is -0.0622 e. The van der Waals surface area contributed by atoms with Crippen molar-refractivity contribution in [2.24, 2.45) is 0 Å². The molecule has 2 aliphatic carbocycles. The lowest BCUT2D eigenvalue weighted by Gasteiger charge is -2.34. The Morgan fingerprint density at radius 1 is 0.145 bits per heavy atom. The van der Waals surface area contributed by atoms with Crippen LogP contribution in [0.4, 0.5) is 0 Å². The molecule has 22 aromatic rings. The summed E-state index contributed by atoms with van der Waals surface area (Å²) in [6.45, 7) is 2.17. The molecule has 0 N–H and O–H groups in total. The Balaban J connectivity index is 0.462. The summed E-state index contributed by atoms with van der Waals surface area (Å²) in [6, 6.07) is 183. The van der Waals surface area contributed by atoms with E-state index in [0.29, 0.717) is 0 Å². The van der Waals surface area contributed by atoms with Gasteiger partial charge in [0.15, 0.2) is 0 Å². The second kappa shape index (κ2) is 32.7. The van der Waals surface area contributed by atoms with Gasteiger partial charge in [-0.1, -0.05) is 515 Å². The van der Waals surface area contributed by atoms with Crippen LogP contribution in [0.25, 0.3) is 190 Å². The highest BCUT2D eigenvalue weighted by Crippen LogP contribution is 2.59. The summed E-state index contributed by atoms with van der Waals surface area (Å²) < 4.78 is 0. The van der Waals surface area contributed by atoms with Crippen molar-refractivity contribution < 1.29 is 0 Å². The third-order valence-electron chi connectivity index (χ3n) is 28.0. The van der Waals surface area contributed by atoms with Crippen LogP contribution in [0.5, 0.6) is 0 Å². The van der Waals surface area contributed by atoms with E-state index in [1.807, 2.05) is 0 Å². The molecular formula is C131H88. The second-order valence-electron chi connectivity index (χ2n) is 35.2. The van der Waals surface area contributed by atoms with Gasteiger partial charge >= 0.3 is 0 Å². The molecule has 22 aromatic carbocycles. The van der Waals surface area contributed by atoms with Crippen LogP contribution >= 0.6 is 0 Å². The van der Waals surface area contributed by atoms with Gasteiger partial charge in [0.05, 0.1) is 10.8 Å². The Labute approximate surface area is 765 Å². The molecule has 0 aromatic heterocycles. The third kappa shape index (κ3) is 13.4. The Bertz CT molecular complexity index is 8030. The molecule has 612 valence electrons. The van der Waals surface area contributed by atoms with Crippen LogP contribution < -0.4 is 0 Å². The second-order valence-corrected chi connectivity index (χ2v) is 35.2. The molecule has 0 aliphatic heterocycles. The van der Waals surface area contributed by atoms with Crippen molar-refractivity contribution in [1.29, 1.82) is 0 Å². The molecule has 0 bridgehead atoms. The molecular weight excluding hydrogens is 1570 g/mol. The van der Waals surface area contributed by atoms with Gasteiger partial charge in [-0.05, 0) is 245 Å². The van der Waals surface area contributed by atoms with Gasteiger partial charge in [0.2, 0.25) is 0 Å². The van der Waals surface area contributed by atoms with E-state index in [-0.39, 0.29) is 0 Å². The number of rotatable bonds is 17. The first-order chi connectivity index (χ1) is 64.8. The fraction of sp³-hybridized carbons (Fsp3) is 0.0229. The average Bonchev–Trinajstić information content (AvgIpc) is 1.55. The van der Waals surface area contributed by atoms with Gasteiger partial charge in [-0.25, -0.2) is 0 Å². The standard InChI is InChI=1S/C131H88/c1-87-40-79-107(80-41-87)131(122-37-19-16-26-110(122)111-27-17-20-38-123(111)131)109-83-76-99(77-84-109)97-68-72-104(73-69-97)129-119-35-14-10-31-115(119)127(116-32-11-15-36-120(116)129)102-60-52-91(53-61-102)45-43-89-48-56-94(57-49-89)95-62-64-100(65-63-95)105-78-85-125-121(86-105)112-28-18-21-39-124(112)130(125,106-24-6-3-7-25-106)108-81-74-98(75-82-108)96-66-70-103(71-67-96)128-117-33-12-8-29-113(117)126(114-30-9-13-34-118(114)128)101-58-50-90(51-59-101)44-42-88-46-54-93(55-47-88)92-22-4-2-5-23-92/h2-86H,1H3. The van der Waals surface area contributed by atoms with Crippen molar-refractivity contribution in [1.82, 2.24) is 0 Å². The van der Waals surface area contributed by atoms with Gasteiger partial charge in [-0.2, -0.15) is 0 Å². The molecule has 0 nitrogen and oxygen atoms in total. The third-order valence-corrected chi connectivity index (χ3v) is 28.0. The van der Waals surface area contributed by atoms with E-state index < -0.39 is 10.8 Å². The van der Waals surface area contributed by atoms with Crippen LogP contribution in [-0.2, 0) is 10.8 Å². The highest BCUT2D eigenvalue weighted by molar-refractivity contribution is 6.23. The highest BCUT2D eigenvalue weighted by Gasteiger charge is 2.48. The molecule has 0 radical (unpaired) electrons. The van der Waals surface area contributed by atoms with Gasteiger partial charge in [-0.15, -0.1) is 0 Å². The molecule has 24 rings (SSSR count). The van der Waals surface area contributed by atoms with Gasteiger partial charge in [0.1, 0.15) is 0 Å². The molecule has 0 heteroatoms. The van der Waals surface area contributed by atoms with Crippen molar-refractivity contribution >= 4 is 67.4 Å². The Hall–Kier alpha value is -16.6. The summed E-state index contributed by atoms with van der Waals surface area (Å²) >= 11 is 0. The van der Waals surface area contributed by atoms with Crippen molar-refractivity contribution in [3.8, 4) is 122 Å². The van der Waals surface area contributed by atoms with E-state index >= 15 is 0 Å². The normalized spacial score (nSPS) is 13.6. The van der Waals surface area contributed by atoms with Crippen LogP contribution in [-0.4, -0.2) is 0 Å². The fourth-order valence-electron chi connectivity index (χ4n) is 21.7. The zero-order valence-electron chi connectivity index (χ0n) is 72.6. The number of fused-ring (bicyclic) bond motifs is 10. The zero-order chi connectivity index (χ0) is 86.9. The minimum atomic E-state index is -0.546. The summed E-state index contributed by atoms with van der Waals surface area (Å²) in [7, 11) is 0. The topological polar surface area (TPSA) is 0 Å². The quantitative estimate of drug-likeness (QED) is 0.0630. The van der Waals surface area contributed by atoms with Crippen LogP contribution in [0, 0.1) is 6.92 Å². The largest absolute Gasteiger partial charge is 0.0713 e. The number of hydrogen-bond donors (Lipinski definition) is 0. The van der Waals surface area contributed by atoms with Crippen molar-refractivity contribution in [3.63, 3.8) is 0 Å². The summed E-state index contributed by atoms with van der Waals surface area (Å²) in [4.78, 5) is 0. The minimum absolute atomic E-state index is 0.436. The van der Waals surface area contributed by atoms with Gasteiger partial charge in [-0.3, -0.25) is 0 Å². The van der Waals surface area contributed by atoms with Gasteiger partial charge in [0.25, 0.3) is 0 Å². The molecule has 0 heterocycles. The maximum Gasteiger partial charge on any atom is 0.0713 e. The van der Waals surface area contributed by atoms with Crippen LogP contribution in [0.3, 0.4) is 0 Å². The smallest absolute Gasteiger partial charge is 0.0622 e. The van der Waals surface area contributed by atoms with E-state index in [9.17, 15) is 0 Å². The van der Waals surface area contributed by atoms with Gasteiger partial charge < -0.3 is 0 Å². The average molecular weight is 1660 g/mol. The fourth-order valence-corrected chi connectivity index (χ4v) is 21.7. The van der Waals surface area contributed by atoms with E-state index in [1.54, 1.807) is 0 Å². The molecule has 0 saturated carbocycles. The molecule has 2 aliphatic rings. The van der Waals surface area contributed by atoms with E-state index in [0.717, 1.165) is 16.7 Å². The SMILES string of the molecule is Cc1ccc(C2(c3ccc(-c4ccc(-c5c6ccccc6c(-c6ccc(C=Cc7ccc(-c8ccc(-c9ccc%10c(c9)-c9ccccc9C%10(c9ccccc9)c9ccc(-c%10ccc(-c%11c%12ccccc%12c(-c%12ccc(C=Cc%13ccc(-c%14ccccc%14)cc%13)cc%12)c%12ccccc%11%12)cc%10)cc9)cc8)cc7)cc6)c6ccccc56)cc4)cc3)c3ccccc3-c3ccccc32)cc1. The first kappa shape index (κ1) is 77.9. The maximum atomic E-state index is 2.43. The lowest BCUT2D eigenvalue weighted by atomic mass is 9.67. The van der Waals surface area contributed by atoms with Crippen LogP contribution in [0.15, 0.2) is 491 Å². The number of benzene rings is 22. The lowest BCUT2D eigenvalue weighted by molar-refractivity contribution is 0.768. The van der Waals surface area contributed by atoms with E-state index in [1.165, 1.54) is 221 Å². The summed E-state index contributed by atoms with van der Waals surface area (Å²) in [5.74, 6) is 0. The summed E-state index contributed by atoms with van der Waals surface area (Å²) in [6.07, 6.45) is 8.86. The molecule has 1 atom stereocenters. The highest BCUT2D eigenvalue weighted by atomic mass is 14.5. The molecule has 0 fully saturated rings. The predicted octanol–water partition coefficient (Wildman–Crippen LogP) is 34.7. The number of aryl methyl sites for hydroxylation is 1. The molecule has 0 spiro atoms. The molecule has 131 heavy (non-hydrogen) atoms. The Morgan fingerprint density at radius 3 is 0.656 bits per heavy atom. The Morgan fingerprint density at radius 2 is 0.344 bits per heavy atom. The summed E-state index contributed by atoms with van der Waals surface area (Å²) in [5.41, 5.74) is 42.0. The first-order valence-electron chi connectivity index (χ1n) is 45.6. The van der Waals surface area contributed by atoms with Crippen molar-refractivity contribution in [2.45, 2.75) is 17.8 Å². The molecule has 0 amide bonds. The zero-order valence-corrected chi connectivity index (χ0v) is 72.6. The number of hydrogen-bond acceptors (Lipinski definition) is 0. The first-order valence-corrected chi connectivity index (χ1v) is 45.6.